The van der Waals surface area contributed by atoms with Gasteiger partial charge in [0.2, 0.25) is 0 Å². The second-order valence-corrected chi connectivity index (χ2v) is 8.75. The fraction of sp³-hybridized carbons (Fsp3) is 0.160. The first kappa shape index (κ1) is 22.1. The molecule has 2 aromatic carbocycles. The number of allylic oxidation sites excluding steroid dienone is 1. The van der Waals surface area contributed by atoms with Crippen LogP contribution in [0.15, 0.2) is 77.2 Å². The molecule has 0 aliphatic rings. The predicted octanol–water partition coefficient (Wildman–Crippen LogP) is 5.62. The van der Waals surface area contributed by atoms with E-state index in [9.17, 15) is 9.59 Å². The maximum Gasteiger partial charge on any atom is 0.266 e. The number of fused-ring (bicyclic) bond motifs is 1. The topological polar surface area (TPSA) is 56.9 Å². The van der Waals surface area contributed by atoms with Crippen molar-refractivity contribution in [2.45, 2.75) is 25.5 Å². The predicted molar refractivity (Wildman–Crippen MR) is 132 cm³/mol. The zero-order valence-electron chi connectivity index (χ0n) is 17.8. The highest BCUT2D eigenvalue weighted by Gasteiger charge is 2.19. The van der Waals surface area contributed by atoms with Crippen LogP contribution in [0.5, 0.6) is 0 Å². The molecule has 0 radical (unpaired) electrons. The van der Waals surface area contributed by atoms with E-state index in [0.29, 0.717) is 38.9 Å². The first-order valence-corrected chi connectivity index (χ1v) is 11.5. The lowest BCUT2D eigenvalue weighted by atomic mass is 10.2. The van der Waals surface area contributed by atoms with Gasteiger partial charge in [-0.05, 0) is 44.2 Å². The number of halogens is 1. The van der Waals surface area contributed by atoms with Crippen molar-refractivity contribution in [2.24, 2.45) is 0 Å². The Balaban J connectivity index is 1.75. The van der Waals surface area contributed by atoms with E-state index in [1.165, 1.54) is 16.3 Å². The van der Waals surface area contributed by atoms with Crippen molar-refractivity contribution in [1.82, 2.24) is 14.1 Å². The molecule has 162 valence electrons. The zero-order valence-corrected chi connectivity index (χ0v) is 19.4. The van der Waals surface area contributed by atoms with Crippen LogP contribution >= 0.6 is 23.4 Å². The second kappa shape index (κ2) is 9.18. The average Bonchev–Trinajstić information content (AvgIpc) is 3.07. The van der Waals surface area contributed by atoms with Gasteiger partial charge in [-0.25, -0.2) is 4.98 Å². The number of ketones is 1. The smallest absolute Gasteiger partial charge is 0.266 e. The Morgan fingerprint density at radius 2 is 1.88 bits per heavy atom. The van der Waals surface area contributed by atoms with Gasteiger partial charge in [0, 0.05) is 23.5 Å². The minimum absolute atomic E-state index is 0.0217. The molecule has 0 bridgehead atoms. The van der Waals surface area contributed by atoms with Crippen LogP contribution < -0.4 is 5.56 Å². The molecule has 4 aromatic rings. The molecule has 0 saturated heterocycles. The summed E-state index contributed by atoms with van der Waals surface area (Å²) in [5.74, 6) is 0.125. The van der Waals surface area contributed by atoms with Crippen molar-refractivity contribution in [1.29, 1.82) is 0 Å². The summed E-state index contributed by atoms with van der Waals surface area (Å²) in [4.78, 5) is 31.1. The van der Waals surface area contributed by atoms with E-state index in [0.717, 1.165) is 11.4 Å². The molecule has 0 N–H and O–H groups in total. The molecule has 2 aromatic heterocycles. The highest BCUT2D eigenvalue weighted by molar-refractivity contribution is 7.99. The lowest BCUT2D eigenvalue weighted by Crippen LogP contribution is -2.22. The van der Waals surface area contributed by atoms with Crippen molar-refractivity contribution in [3.05, 3.63) is 99.6 Å². The van der Waals surface area contributed by atoms with E-state index >= 15 is 0 Å². The molecule has 0 atom stereocenters. The molecule has 32 heavy (non-hydrogen) atoms. The van der Waals surface area contributed by atoms with Gasteiger partial charge < -0.3 is 4.57 Å². The molecule has 5 nitrogen and oxygen atoms in total. The summed E-state index contributed by atoms with van der Waals surface area (Å²) in [6, 6.07) is 16.2. The van der Waals surface area contributed by atoms with Crippen LogP contribution in [-0.2, 0) is 6.54 Å². The number of rotatable bonds is 7. The number of thioether (sulfide) groups is 1. The Kier molecular flexibility index (Phi) is 6.35. The third-order valence-electron chi connectivity index (χ3n) is 5.36. The normalized spacial score (nSPS) is 11.1. The molecule has 4 rings (SSSR count). The van der Waals surface area contributed by atoms with Crippen LogP contribution in [-0.4, -0.2) is 25.7 Å². The quantitative estimate of drug-likeness (QED) is 0.154. The van der Waals surface area contributed by atoms with Gasteiger partial charge in [-0.3, -0.25) is 14.2 Å². The summed E-state index contributed by atoms with van der Waals surface area (Å²) in [5.41, 5.74) is 3.49. The fourth-order valence-corrected chi connectivity index (χ4v) is 4.87. The number of hydrogen-bond donors (Lipinski definition) is 0. The SMILES string of the molecule is C=CCn1c(C)cc(C(=O)CSc2nc3ccccc3c(=O)n2-c2ccccc2Cl)c1C. The molecule has 2 heterocycles. The van der Waals surface area contributed by atoms with Crippen molar-refractivity contribution >= 4 is 40.0 Å². The maximum atomic E-state index is 13.3. The first-order chi connectivity index (χ1) is 15.4. The molecule has 0 aliphatic heterocycles. The lowest BCUT2D eigenvalue weighted by Gasteiger charge is -2.14. The van der Waals surface area contributed by atoms with Gasteiger partial charge in [0.25, 0.3) is 5.56 Å². The van der Waals surface area contributed by atoms with Gasteiger partial charge in [-0.15, -0.1) is 6.58 Å². The molecular formula is C25H22ClN3O2S. The maximum absolute atomic E-state index is 13.3. The minimum Gasteiger partial charge on any atom is -0.345 e. The van der Waals surface area contributed by atoms with Gasteiger partial charge in [0.1, 0.15) is 0 Å². The molecular weight excluding hydrogens is 442 g/mol. The summed E-state index contributed by atoms with van der Waals surface area (Å²) >= 11 is 7.64. The Labute approximate surface area is 195 Å². The number of hydrogen-bond acceptors (Lipinski definition) is 4. The summed E-state index contributed by atoms with van der Waals surface area (Å²) < 4.78 is 3.54. The number of nitrogens with zero attached hydrogens (tertiary/aromatic N) is 3. The van der Waals surface area contributed by atoms with Gasteiger partial charge in [-0.2, -0.15) is 0 Å². The Bertz CT molecular complexity index is 1400. The molecule has 0 unspecified atom stereocenters. The molecule has 0 aliphatic carbocycles. The second-order valence-electron chi connectivity index (χ2n) is 7.40. The summed E-state index contributed by atoms with van der Waals surface area (Å²) in [7, 11) is 0. The van der Waals surface area contributed by atoms with Crippen molar-refractivity contribution < 1.29 is 4.79 Å². The number of aromatic nitrogens is 3. The monoisotopic (exact) mass is 463 g/mol. The highest BCUT2D eigenvalue weighted by Crippen LogP contribution is 2.27. The van der Waals surface area contributed by atoms with E-state index < -0.39 is 0 Å². The van der Waals surface area contributed by atoms with Crippen LogP contribution in [0.4, 0.5) is 0 Å². The average molecular weight is 464 g/mol. The minimum atomic E-state index is -0.220. The number of benzene rings is 2. The number of aryl methyl sites for hydroxylation is 1. The third-order valence-corrected chi connectivity index (χ3v) is 6.61. The van der Waals surface area contributed by atoms with Gasteiger partial charge >= 0.3 is 0 Å². The third kappa shape index (κ3) is 4.04. The Hall–Kier alpha value is -3.09. The summed E-state index contributed by atoms with van der Waals surface area (Å²) in [6.45, 7) is 8.34. The van der Waals surface area contributed by atoms with E-state index in [1.54, 1.807) is 36.4 Å². The first-order valence-electron chi connectivity index (χ1n) is 10.1. The fourth-order valence-electron chi connectivity index (χ4n) is 3.76. The van der Waals surface area contributed by atoms with E-state index in [2.05, 4.69) is 11.1 Å². The van der Waals surface area contributed by atoms with Crippen LogP contribution in [0.25, 0.3) is 16.6 Å². The highest BCUT2D eigenvalue weighted by atomic mass is 35.5. The number of carbonyl (C=O) groups excluding carboxylic acids is 1. The van der Waals surface area contributed by atoms with Gasteiger partial charge in [0.15, 0.2) is 10.9 Å². The van der Waals surface area contributed by atoms with Crippen LogP contribution in [0.1, 0.15) is 21.7 Å². The van der Waals surface area contributed by atoms with Crippen molar-refractivity contribution in [3.8, 4) is 5.69 Å². The molecule has 0 fully saturated rings. The van der Waals surface area contributed by atoms with Gasteiger partial charge in [-0.1, -0.05) is 53.7 Å². The molecule has 0 spiro atoms. The summed E-state index contributed by atoms with van der Waals surface area (Å²) in [6.07, 6.45) is 1.81. The Morgan fingerprint density at radius 3 is 2.62 bits per heavy atom. The van der Waals surface area contributed by atoms with Crippen LogP contribution in [0.3, 0.4) is 0 Å². The van der Waals surface area contributed by atoms with Crippen molar-refractivity contribution in [3.63, 3.8) is 0 Å². The molecule has 0 saturated carbocycles. The number of carbonyl (C=O) groups is 1. The zero-order chi connectivity index (χ0) is 22.8. The van der Waals surface area contributed by atoms with Gasteiger partial charge in [0.05, 0.1) is 27.4 Å². The number of para-hydroxylation sites is 2. The molecule has 7 heteroatoms. The van der Waals surface area contributed by atoms with Crippen molar-refractivity contribution in [2.75, 3.05) is 5.75 Å². The summed E-state index contributed by atoms with van der Waals surface area (Å²) in [5, 5.41) is 1.36. The van der Waals surface area contributed by atoms with E-state index in [-0.39, 0.29) is 17.1 Å². The van der Waals surface area contributed by atoms with Crippen LogP contribution in [0, 0.1) is 13.8 Å². The standard InChI is InChI=1S/C25H22ClN3O2S/c1-4-13-28-16(2)14-19(17(28)3)23(30)15-32-25-27-21-11-7-5-9-18(21)24(31)29(25)22-12-8-6-10-20(22)26/h4-12,14H,1,13,15H2,2-3H3. The van der Waals surface area contributed by atoms with Crippen LogP contribution in [0.2, 0.25) is 5.02 Å². The van der Waals surface area contributed by atoms with E-state index in [4.69, 9.17) is 16.6 Å². The lowest BCUT2D eigenvalue weighted by molar-refractivity contribution is 0.102. The molecule has 0 amide bonds. The van der Waals surface area contributed by atoms with E-state index in [1.807, 2.05) is 38.1 Å². The Morgan fingerprint density at radius 1 is 1.16 bits per heavy atom. The largest absolute Gasteiger partial charge is 0.345 e. The number of Topliss-reactive ketones (excluding diaryl/α,β-unsaturated/α-hetero) is 1.